The molecule has 1 aromatic heterocycles. The van der Waals surface area contributed by atoms with Crippen LogP contribution >= 0.6 is 11.3 Å². The third-order valence-electron chi connectivity index (χ3n) is 4.09. The van der Waals surface area contributed by atoms with Gasteiger partial charge in [-0.05, 0) is 55.3 Å². The van der Waals surface area contributed by atoms with E-state index in [0.29, 0.717) is 29.1 Å². The summed E-state index contributed by atoms with van der Waals surface area (Å²) < 4.78 is 8.38. The van der Waals surface area contributed by atoms with Gasteiger partial charge in [-0.3, -0.25) is 4.79 Å². The van der Waals surface area contributed by atoms with Crippen LogP contribution in [0.2, 0.25) is 0 Å². The maximum Gasteiger partial charge on any atom is 0.279 e. The minimum absolute atomic E-state index is 0.318. The van der Waals surface area contributed by atoms with E-state index in [1.807, 2.05) is 10.6 Å². The van der Waals surface area contributed by atoms with Gasteiger partial charge in [0.25, 0.3) is 5.91 Å². The van der Waals surface area contributed by atoms with Gasteiger partial charge >= 0.3 is 0 Å². The second kappa shape index (κ2) is 7.65. The normalized spacial score (nSPS) is 11.7. The Labute approximate surface area is 155 Å². The summed E-state index contributed by atoms with van der Waals surface area (Å²) in [6.45, 7) is 5.29. The summed E-state index contributed by atoms with van der Waals surface area (Å²) in [4.78, 5) is 17.6. The van der Waals surface area contributed by atoms with Gasteiger partial charge in [0, 0.05) is 19.2 Å². The van der Waals surface area contributed by atoms with Gasteiger partial charge in [0.15, 0.2) is 4.80 Å². The summed E-state index contributed by atoms with van der Waals surface area (Å²) in [5.41, 5.74) is 4.39. The quantitative estimate of drug-likeness (QED) is 0.710. The fourth-order valence-electron chi connectivity index (χ4n) is 2.84. The zero-order valence-corrected chi connectivity index (χ0v) is 15.8. The van der Waals surface area contributed by atoms with E-state index >= 15 is 0 Å². The molecule has 0 saturated carbocycles. The number of ether oxygens (including phenoxy) is 1. The number of carbonyl (C=O) groups is 1. The molecule has 1 amide bonds. The lowest BCUT2D eigenvalue weighted by atomic mass is 10.1. The first-order valence-corrected chi connectivity index (χ1v) is 9.04. The number of hydrogen-bond donors (Lipinski definition) is 0. The minimum atomic E-state index is -0.318. The molecule has 0 bridgehead atoms. The number of carbonyl (C=O) groups excluding carboxylic acids is 1. The molecule has 0 atom stereocenters. The predicted molar refractivity (Wildman–Crippen MR) is 102 cm³/mol. The second-order valence-electron chi connectivity index (χ2n) is 6.07. The molecule has 5 nitrogen and oxygen atoms in total. The Kier molecular flexibility index (Phi) is 5.31. The fraction of sp³-hybridized carbons (Fsp3) is 0.250. The van der Waals surface area contributed by atoms with Crippen molar-refractivity contribution >= 4 is 27.5 Å². The van der Waals surface area contributed by atoms with Crippen molar-refractivity contribution in [2.24, 2.45) is 4.99 Å². The van der Waals surface area contributed by atoms with Crippen LogP contribution in [0.4, 0.5) is 0 Å². The van der Waals surface area contributed by atoms with Crippen LogP contribution in [0.3, 0.4) is 0 Å². The van der Waals surface area contributed by atoms with Gasteiger partial charge in [-0.1, -0.05) is 17.4 Å². The van der Waals surface area contributed by atoms with Crippen LogP contribution in [-0.4, -0.2) is 24.2 Å². The first-order valence-electron chi connectivity index (χ1n) is 8.22. The number of rotatable bonds is 4. The first-order chi connectivity index (χ1) is 12.5. The Bertz CT molecular complexity index is 1070. The van der Waals surface area contributed by atoms with Crippen molar-refractivity contribution in [3.8, 4) is 6.07 Å². The number of nitriles is 1. The van der Waals surface area contributed by atoms with E-state index in [1.165, 1.54) is 22.5 Å². The molecule has 26 heavy (non-hydrogen) atoms. The van der Waals surface area contributed by atoms with E-state index in [1.54, 1.807) is 31.4 Å². The lowest BCUT2D eigenvalue weighted by Crippen LogP contribution is -2.19. The van der Waals surface area contributed by atoms with Crippen molar-refractivity contribution in [1.29, 1.82) is 5.26 Å². The SMILES string of the molecule is COCCn1c(=NC(=O)c2ccc(C#N)cc2)sc2c(C)cc(C)cc21. The molecule has 0 N–H and O–H groups in total. The van der Waals surface area contributed by atoms with Gasteiger partial charge < -0.3 is 9.30 Å². The predicted octanol–water partition coefficient (Wildman–Crippen LogP) is 3.58. The van der Waals surface area contributed by atoms with Crippen LogP contribution in [0, 0.1) is 25.2 Å². The fourth-order valence-corrected chi connectivity index (χ4v) is 3.94. The summed E-state index contributed by atoms with van der Waals surface area (Å²) in [5, 5.41) is 8.88. The Morgan fingerprint density at radius 3 is 2.65 bits per heavy atom. The lowest BCUT2D eigenvalue weighted by molar-refractivity contribution is 0.0997. The molecule has 2 aromatic carbocycles. The molecule has 0 saturated heterocycles. The number of nitrogens with zero attached hydrogens (tertiary/aromatic N) is 3. The number of aromatic nitrogens is 1. The van der Waals surface area contributed by atoms with Crippen molar-refractivity contribution in [2.75, 3.05) is 13.7 Å². The number of aryl methyl sites for hydroxylation is 2. The number of hydrogen-bond acceptors (Lipinski definition) is 4. The van der Waals surface area contributed by atoms with E-state index < -0.39 is 0 Å². The maximum atomic E-state index is 12.6. The number of thiazole rings is 1. The summed E-state index contributed by atoms with van der Waals surface area (Å²) >= 11 is 1.51. The monoisotopic (exact) mass is 365 g/mol. The highest BCUT2D eigenvalue weighted by molar-refractivity contribution is 7.16. The molecule has 0 fully saturated rings. The zero-order chi connectivity index (χ0) is 18.7. The summed E-state index contributed by atoms with van der Waals surface area (Å²) in [6, 6.07) is 12.8. The molecule has 1 heterocycles. The smallest absolute Gasteiger partial charge is 0.279 e. The van der Waals surface area contributed by atoms with Gasteiger partial charge in [-0.25, -0.2) is 0 Å². The lowest BCUT2D eigenvalue weighted by Gasteiger charge is -2.06. The molecule has 3 aromatic rings. The molecule has 0 aliphatic heterocycles. The molecule has 0 unspecified atom stereocenters. The van der Waals surface area contributed by atoms with Crippen molar-refractivity contribution in [3.05, 3.63) is 63.5 Å². The molecular formula is C20H19N3O2S. The van der Waals surface area contributed by atoms with E-state index in [0.717, 1.165) is 10.2 Å². The highest BCUT2D eigenvalue weighted by Gasteiger charge is 2.11. The topological polar surface area (TPSA) is 67.4 Å². The third kappa shape index (κ3) is 3.59. The molecule has 0 aliphatic carbocycles. The maximum absolute atomic E-state index is 12.6. The molecule has 0 radical (unpaired) electrons. The summed E-state index contributed by atoms with van der Waals surface area (Å²) in [6.07, 6.45) is 0. The van der Waals surface area contributed by atoms with Crippen molar-refractivity contribution < 1.29 is 9.53 Å². The van der Waals surface area contributed by atoms with Crippen LogP contribution in [0.15, 0.2) is 41.4 Å². The van der Waals surface area contributed by atoms with Gasteiger partial charge in [-0.15, -0.1) is 0 Å². The summed E-state index contributed by atoms with van der Waals surface area (Å²) in [7, 11) is 1.66. The molecule has 3 rings (SSSR count). The van der Waals surface area contributed by atoms with Gasteiger partial charge in [0.05, 0.1) is 28.5 Å². The molecule has 0 spiro atoms. The Balaban J connectivity index is 2.12. The van der Waals surface area contributed by atoms with E-state index in [-0.39, 0.29) is 5.91 Å². The van der Waals surface area contributed by atoms with Crippen LogP contribution in [-0.2, 0) is 11.3 Å². The third-order valence-corrected chi connectivity index (χ3v) is 5.32. The van der Waals surface area contributed by atoms with Gasteiger partial charge in [0.1, 0.15) is 0 Å². The Morgan fingerprint density at radius 1 is 1.27 bits per heavy atom. The standard InChI is InChI=1S/C20H19N3O2S/c1-13-10-14(2)18-17(11-13)23(8-9-25-3)20(26-18)22-19(24)16-6-4-15(12-21)5-7-16/h4-7,10-11H,8-9H2,1-3H3. The second-order valence-corrected chi connectivity index (χ2v) is 7.04. The van der Waals surface area contributed by atoms with Gasteiger partial charge in [0.2, 0.25) is 0 Å². The van der Waals surface area contributed by atoms with E-state index in [4.69, 9.17) is 10.00 Å². The largest absolute Gasteiger partial charge is 0.383 e. The van der Waals surface area contributed by atoms with Crippen molar-refractivity contribution in [1.82, 2.24) is 4.57 Å². The molecule has 132 valence electrons. The van der Waals surface area contributed by atoms with Crippen LogP contribution in [0.5, 0.6) is 0 Å². The first kappa shape index (κ1) is 18.1. The minimum Gasteiger partial charge on any atom is -0.383 e. The number of benzene rings is 2. The molecule has 0 aliphatic rings. The summed E-state index contributed by atoms with van der Waals surface area (Å²) in [5.74, 6) is -0.318. The number of methoxy groups -OCH3 is 1. The van der Waals surface area contributed by atoms with Crippen LogP contribution in [0.25, 0.3) is 10.2 Å². The van der Waals surface area contributed by atoms with Crippen molar-refractivity contribution in [3.63, 3.8) is 0 Å². The molecular weight excluding hydrogens is 346 g/mol. The number of fused-ring (bicyclic) bond motifs is 1. The molecule has 6 heteroatoms. The average Bonchev–Trinajstić information content (AvgIpc) is 2.97. The van der Waals surface area contributed by atoms with Crippen LogP contribution in [0.1, 0.15) is 27.0 Å². The van der Waals surface area contributed by atoms with E-state index in [2.05, 4.69) is 31.0 Å². The number of amides is 1. The van der Waals surface area contributed by atoms with Crippen molar-refractivity contribution in [2.45, 2.75) is 20.4 Å². The highest BCUT2D eigenvalue weighted by atomic mass is 32.1. The van der Waals surface area contributed by atoms with E-state index in [9.17, 15) is 4.79 Å². The van der Waals surface area contributed by atoms with Gasteiger partial charge in [-0.2, -0.15) is 10.3 Å². The Hall–Kier alpha value is -2.75. The highest BCUT2D eigenvalue weighted by Crippen LogP contribution is 2.23. The zero-order valence-electron chi connectivity index (χ0n) is 14.9. The Morgan fingerprint density at radius 2 is 2.00 bits per heavy atom. The van der Waals surface area contributed by atoms with Crippen LogP contribution < -0.4 is 4.80 Å². The average molecular weight is 365 g/mol.